The van der Waals surface area contributed by atoms with E-state index < -0.39 is 0 Å². The largest absolute Gasteiger partial charge is 0.298 e. The third-order valence-corrected chi connectivity index (χ3v) is 4.62. The fraction of sp³-hybridized carbons (Fsp3) is 0.100. The Balaban J connectivity index is 1.78. The van der Waals surface area contributed by atoms with Crippen molar-refractivity contribution in [2.45, 2.75) is 13.3 Å². The summed E-state index contributed by atoms with van der Waals surface area (Å²) in [6.07, 6.45) is 6.32. The van der Waals surface area contributed by atoms with E-state index in [0.29, 0.717) is 10.6 Å². The van der Waals surface area contributed by atoms with Crippen LogP contribution in [0.1, 0.15) is 18.1 Å². The Morgan fingerprint density at radius 2 is 1.71 bits per heavy atom. The van der Waals surface area contributed by atoms with Gasteiger partial charge < -0.3 is 0 Å². The molecule has 0 saturated carbocycles. The van der Waals surface area contributed by atoms with Crippen molar-refractivity contribution in [3.8, 4) is 0 Å². The molecule has 120 valence electrons. The highest BCUT2D eigenvalue weighted by molar-refractivity contribution is 8.18. The second-order valence-electron chi connectivity index (χ2n) is 5.33. The SMILES string of the molecule is CCc1ccc(N2C(=O)S/C(=C\C=C\c3ccccc3)C2=O)cc1. The van der Waals surface area contributed by atoms with Crippen molar-refractivity contribution >= 4 is 34.7 Å². The minimum absolute atomic E-state index is 0.261. The van der Waals surface area contributed by atoms with E-state index in [1.54, 1.807) is 12.2 Å². The molecular weight excluding hydrogens is 318 g/mol. The van der Waals surface area contributed by atoms with Crippen molar-refractivity contribution in [3.63, 3.8) is 0 Å². The lowest BCUT2D eigenvalue weighted by Gasteiger charge is -2.12. The highest BCUT2D eigenvalue weighted by atomic mass is 32.2. The summed E-state index contributed by atoms with van der Waals surface area (Å²) in [6.45, 7) is 2.07. The summed E-state index contributed by atoms with van der Waals surface area (Å²) in [7, 11) is 0. The average molecular weight is 335 g/mol. The van der Waals surface area contributed by atoms with E-state index in [9.17, 15) is 9.59 Å². The van der Waals surface area contributed by atoms with Crippen LogP contribution in [0.25, 0.3) is 6.08 Å². The maximum Gasteiger partial charge on any atom is 0.298 e. The van der Waals surface area contributed by atoms with Gasteiger partial charge in [-0.15, -0.1) is 0 Å². The third-order valence-electron chi connectivity index (χ3n) is 3.73. The molecule has 4 heteroatoms. The van der Waals surface area contributed by atoms with Gasteiger partial charge in [-0.3, -0.25) is 9.59 Å². The summed E-state index contributed by atoms with van der Waals surface area (Å²) in [5, 5.41) is -0.261. The van der Waals surface area contributed by atoms with Gasteiger partial charge in [-0.2, -0.15) is 0 Å². The first-order valence-electron chi connectivity index (χ1n) is 7.77. The van der Waals surface area contributed by atoms with Gasteiger partial charge in [0.2, 0.25) is 0 Å². The van der Waals surface area contributed by atoms with Gasteiger partial charge >= 0.3 is 0 Å². The highest BCUT2D eigenvalue weighted by Gasteiger charge is 2.35. The Morgan fingerprint density at radius 1 is 1.00 bits per heavy atom. The van der Waals surface area contributed by atoms with E-state index in [0.717, 1.165) is 23.7 Å². The average Bonchev–Trinajstić information content (AvgIpc) is 2.90. The molecule has 3 rings (SSSR count). The van der Waals surface area contributed by atoms with E-state index in [1.807, 2.05) is 60.7 Å². The summed E-state index contributed by atoms with van der Waals surface area (Å²) >= 11 is 0.969. The van der Waals surface area contributed by atoms with E-state index >= 15 is 0 Å². The quantitative estimate of drug-likeness (QED) is 0.734. The van der Waals surface area contributed by atoms with Crippen molar-refractivity contribution in [1.82, 2.24) is 0 Å². The summed E-state index contributed by atoms with van der Waals surface area (Å²) < 4.78 is 0. The third kappa shape index (κ3) is 3.49. The van der Waals surface area contributed by atoms with Crippen LogP contribution >= 0.6 is 11.8 Å². The molecule has 2 aromatic carbocycles. The van der Waals surface area contributed by atoms with Crippen LogP contribution in [-0.2, 0) is 11.2 Å². The van der Waals surface area contributed by atoms with Crippen molar-refractivity contribution in [1.29, 1.82) is 0 Å². The van der Waals surface area contributed by atoms with Crippen molar-refractivity contribution in [2.24, 2.45) is 0 Å². The van der Waals surface area contributed by atoms with Crippen LogP contribution in [0.2, 0.25) is 0 Å². The van der Waals surface area contributed by atoms with Crippen LogP contribution in [0.15, 0.2) is 71.7 Å². The number of amides is 2. The lowest BCUT2D eigenvalue weighted by Crippen LogP contribution is -2.27. The molecule has 0 bridgehead atoms. The topological polar surface area (TPSA) is 37.4 Å². The van der Waals surface area contributed by atoms with Gasteiger partial charge in [0.15, 0.2) is 0 Å². The van der Waals surface area contributed by atoms with E-state index in [4.69, 9.17) is 0 Å². The zero-order chi connectivity index (χ0) is 16.9. The minimum Gasteiger partial charge on any atom is -0.268 e. The van der Waals surface area contributed by atoms with Gasteiger partial charge in [0.05, 0.1) is 10.6 Å². The summed E-state index contributed by atoms with van der Waals surface area (Å²) in [5.74, 6) is -0.271. The Morgan fingerprint density at radius 3 is 2.38 bits per heavy atom. The summed E-state index contributed by atoms with van der Waals surface area (Å²) in [5.41, 5.74) is 2.83. The molecule has 24 heavy (non-hydrogen) atoms. The molecule has 1 heterocycles. The number of carbonyl (C=O) groups excluding carboxylic acids is 2. The first kappa shape index (κ1) is 16.3. The number of benzene rings is 2. The van der Waals surface area contributed by atoms with E-state index in [2.05, 4.69) is 6.92 Å². The van der Waals surface area contributed by atoms with Crippen LogP contribution < -0.4 is 4.90 Å². The van der Waals surface area contributed by atoms with Crippen molar-refractivity contribution in [2.75, 3.05) is 4.90 Å². The standard InChI is InChI=1S/C20H17NO2S/c1-2-15-11-13-17(14-12-15)21-19(22)18(24-20(21)23)10-6-9-16-7-4-3-5-8-16/h3-14H,2H2,1H3/b9-6+,18-10-. The van der Waals surface area contributed by atoms with Crippen LogP contribution in [-0.4, -0.2) is 11.1 Å². The van der Waals surface area contributed by atoms with Crippen LogP contribution in [0.5, 0.6) is 0 Å². The number of thioether (sulfide) groups is 1. The first-order chi connectivity index (χ1) is 11.7. The molecule has 0 spiro atoms. The van der Waals surface area contributed by atoms with Crippen LogP contribution in [0, 0.1) is 0 Å². The highest BCUT2D eigenvalue weighted by Crippen LogP contribution is 2.34. The number of anilines is 1. The molecule has 2 aromatic rings. The minimum atomic E-state index is -0.271. The number of nitrogens with zero attached hydrogens (tertiary/aromatic N) is 1. The number of hydrogen-bond donors (Lipinski definition) is 0. The maximum absolute atomic E-state index is 12.5. The Bertz CT molecular complexity index is 807. The molecule has 0 N–H and O–H groups in total. The van der Waals surface area contributed by atoms with Crippen LogP contribution in [0.3, 0.4) is 0 Å². The molecule has 1 aliphatic heterocycles. The summed E-state index contributed by atoms with van der Waals surface area (Å²) in [4.78, 5) is 26.3. The zero-order valence-corrected chi connectivity index (χ0v) is 14.1. The van der Waals surface area contributed by atoms with E-state index in [1.165, 1.54) is 10.5 Å². The van der Waals surface area contributed by atoms with Gasteiger partial charge in [0, 0.05) is 0 Å². The Kier molecular flexibility index (Phi) is 4.96. The number of rotatable bonds is 4. The van der Waals surface area contributed by atoms with Crippen molar-refractivity contribution in [3.05, 3.63) is 82.8 Å². The number of carbonyl (C=O) groups is 2. The zero-order valence-electron chi connectivity index (χ0n) is 13.3. The molecule has 3 nitrogen and oxygen atoms in total. The Labute approximate surface area is 145 Å². The van der Waals surface area contributed by atoms with Crippen molar-refractivity contribution < 1.29 is 9.59 Å². The predicted octanol–water partition coefficient (Wildman–Crippen LogP) is 5.05. The smallest absolute Gasteiger partial charge is 0.268 e. The molecule has 1 fully saturated rings. The molecule has 0 aromatic heterocycles. The van der Waals surface area contributed by atoms with E-state index in [-0.39, 0.29) is 11.1 Å². The molecule has 1 aliphatic rings. The van der Waals surface area contributed by atoms with Gasteiger partial charge in [-0.25, -0.2) is 4.90 Å². The molecule has 1 saturated heterocycles. The number of aryl methyl sites for hydroxylation is 1. The normalized spacial score (nSPS) is 16.5. The fourth-order valence-electron chi connectivity index (χ4n) is 2.40. The second kappa shape index (κ2) is 7.32. The Hall–Kier alpha value is -2.59. The molecule has 0 unspecified atom stereocenters. The molecule has 0 atom stereocenters. The lowest BCUT2D eigenvalue weighted by molar-refractivity contribution is -0.113. The molecule has 0 radical (unpaired) electrons. The number of hydrogen-bond acceptors (Lipinski definition) is 3. The lowest BCUT2D eigenvalue weighted by atomic mass is 10.1. The van der Waals surface area contributed by atoms with Gasteiger partial charge in [0.25, 0.3) is 11.1 Å². The number of imide groups is 1. The van der Waals surface area contributed by atoms with Crippen LogP contribution in [0.4, 0.5) is 10.5 Å². The monoisotopic (exact) mass is 335 g/mol. The van der Waals surface area contributed by atoms with Gasteiger partial charge in [-0.1, -0.05) is 61.5 Å². The summed E-state index contributed by atoms with van der Waals surface area (Å²) in [6, 6.07) is 17.3. The molecule has 0 aliphatic carbocycles. The molecular formula is C20H17NO2S. The molecule has 2 amide bonds. The maximum atomic E-state index is 12.5. The fourth-order valence-corrected chi connectivity index (χ4v) is 3.19. The number of allylic oxidation sites excluding steroid dienone is 2. The first-order valence-corrected chi connectivity index (χ1v) is 8.59. The van der Waals surface area contributed by atoms with Gasteiger partial charge in [0.1, 0.15) is 0 Å². The second-order valence-corrected chi connectivity index (χ2v) is 6.32. The predicted molar refractivity (Wildman–Crippen MR) is 99.9 cm³/mol. The van der Waals surface area contributed by atoms with Gasteiger partial charge in [-0.05, 0) is 47.5 Å².